The molecule has 0 saturated heterocycles. The monoisotopic (exact) mass is 262 g/mol. The van der Waals surface area contributed by atoms with Crippen LogP contribution in [0.25, 0.3) is 27.6 Å². The van der Waals surface area contributed by atoms with Gasteiger partial charge in [0.2, 0.25) is 0 Å². The van der Waals surface area contributed by atoms with E-state index in [4.69, 9.17) is 0 Å². The van der Waals surface area contributed by atoms with Crippen molar-refractivity contribution in [2.75, 3.05) is 0 Å². The van der Waals surface area contributed by atoms with Crippen LogP contribution in [0.15, 0.2) is 54.6 Å². The summed E-state index contributed by atoms with van der Waals surface area (Å²) in [6.07, 6.45) is 1.82. The maximum Gasteiger partial charge on any atom is 0.110 e. The zero-order chi connectivity index (χ0) is 13.7. The fourth-order valence-corrected chi connectivity index (χ4v) is 3.08. The Morgan fingerprint density at radius 2 is 1.55 bits per heavy atom. The van der Waals surface area contributed by atoms with Gasteiger partial charge in [0.1, 0.15) is 12.2 Å². The zero-order valence-electron chi connectivity index (χ0n) is 10.8. The van der Waals surface area contributed by atoms with E-state index in [-0.39, 0.29) is 0 Å². The quantitative estimate of drug-likeness (QED) is 0.609. The van der Waals surface area contributed by atoms with Crippen LogP contribution in [0.1, 0.15) is 17.2 Å². The Hall–Kier alpha value is -2.16. The highest BCUT2D eigenvalue weighted by Crippen LogP contribution is 2.36. The van der Waals surface area contributed by atoms with Gasteiger partial charge in [-0.25, -0.2) is 0 Å². The van der Waals surface area contributed by atoms with Gasteiger partial charge in [-0.1, -0.05) is 60.7 Å². The van der Waals surface area contributed by atoms with E-state index in [1.807, 2.05) is 30.3 Å². The summed E-state index contributed by atoms with van der Waals surface area (Å²) in [4.78, 5) is 0. The lowest BCUT2D eigenvalue weighted by atomic mass is 9.87. The van der Waals surface area contributed by atoms with Gasteiger partial charge in [0.05, 0.1) is 0 Å². The van der Waals surface area contributed by atoms with Gasteiger partial charge in [-0.2, -0.15) is 0 Å². The molecule has 2 N–H and O–H groups in total. The maximum absolute atomic E-state index is 10.3. The van der Waals surface area contributed by atoms with Crippen molar-refractivity contribution in [3.05, 3.63) is 65.7 Å². The molecule has 2 heteroatoms. The second-order valence-electron chi connectivity index (χ2n) is 5.24. The molecule has 0 saturated carbocycles. The smallest absolute Gasteiger partial charge is 0.110 e. The molecule has 2 atom stereocenters. The van der Waals surface area contributed by atoms with Gasteiger partial charge < -0.3 is 10.2 Å². The van der Waals surface area contributed by atoms with Crippen LogP contribution in [-0.2, 0) is 0 Å². The molecule has 4 rings (SSSR count). The summed E-state index contributed by atoms with van der Waals surface area (Å²) in [6.45, 7) is 0. The lowest BCUT2D eigenvalue weighted by Crippen LogP contribution is -2.19. The molecular formula is C18H14O2. The molecule has 98 valence electrons. The molecule has 0 heterocycles. The number of hydrogen-bond donors (Lipinski definition) is 2. The van der Waals surface area contributed by atoms with Crippen LogP contribution < -0.4 is 0 Å². The third-order valence-corrected chi connectivity index (χ3v) is 4.09. The molecule has 0 amide bonds. The molecule has 3 aromatic carbocycles. The lowest BCUT2D eigenvalue weighted by Gasteiger charge is -2.24. The van der Waals surface area contributed by atoms with Crippen LogP contribution in [-0.4, -0.2) is 16.3 Å². The van der Waals surface area contributed by atoms with Crippen molar-refractivity contribution in [3.63, 3.8) is 0 Å². The van der Waals surface area contributed by atoms with Crippen molar-refractivity contribution in [1.29, 1.82) is 0 Å². The average molecular weight is 262 g/mol. The van der Waals surface area contributed by atoms with Crippen molar-refractivity contribution >= 4 is 27.6 Å². The van der Waals surface area contributed by atoms with Gasteiger partial charge in [-0.05, 0) is 32.7 Å². The van der Waals surface area contributed by atoms with Crippen LogP contribution in [0.3, 0.4) is 0 Å². The minimum atomic E-state index is -0.861. The molecule has 0 aromatic heterocycles. The highest BCUT2D eigenvalue weighted by molar-refractivity contribution is 6.09. The number of aliphatic hydroxyl groups is 2. The van der Waals surface area contributed by atoms with Crippen LogP contribution in [0.2, 0.25) is 0 Å². The maximum atomic E-state index is 10.3. The Bertz CT molecular complexity index is 849. The van der Waals surface area contributed by atoms with Crippen molar-refractivity contribution in [2.24, 2.45) is 0 Å². The van der Waals surface area contributed by atoms with E-state index >= 15 is 0 Å². The summed E-state index contributed by atoms with van der Waals surface area (Å²) in [5.74, 6) is 0. The van der Waals surface area contributed by atoms with E-state index in [0.29, 0.717) is 0 Å². The summed E-state index contributed by atoms with van der Waals surface area (Å²) in [5.41, 5.74) is 1.80. The Morgan fingerprint density at radius 3 is 2.45 bits per heavy atom. The van der Waals surface area contributed by atoms with Crippen molar-refractivity contribution in [3.8, 4) is 0 Å². The molecule has 2 unspecified atom stereocenters. The van der Waals surface area contributed by atoms with Crippen molar-refractivity contribution in [1.82, 2.24) is 0 Å². The molecule has 1 aliphatic carbocycles. The van der Waals surface area contributed by atoms with Crippen LogP contribution >= 0.6 is 0 Å². The minimum absolute atomic E-state index is 0.822. The Labute approximate surface area is 116 Å². The van der Waals surface area contributed by atoms with Crippen LogP contribution in [0.5, 0.6) is 0 Å². The number of hydrogen-bond acceptors (Lipinski definition) is 2. The molecule has 1 aliphatic rings. The third-order valence-electron chi connectivity index (χ3n) is 4.09. The molecule has 20 heavy (non-hydrogen) atoms. The predicted octanol–water partition coefficient (Wildman–Crippen LogP) is 3.41. The van der Waals surface area contributed by atoms with E-state index in [0.717, 1.165) is 21.9 Å². The molecule has 0 bridgehead atoms. The molecule has 0 spiro atoms. The van der Waals surface area contributed by atoms with Gasteiger partial charge in [0, 0.05) is 0 Å². The predicted molar refractivity (Wildman–Crippen MR) is 81.5 cm³/mol. The van der Waals surface area contributed by atoms with Crippen molar-refractivity contribution < 1.29 is 10.2 Å². The highest BCUT2D eigenvalue weighted by atomic mass is 16.3. The van der Waals surface area contributed by atoms with E-state index in [1.54, 1.807) is 6.08 Å². The Balaban J connectivity index is 2.15. The van der Waals surface area contributed by atoms with E-state index in [2.05, 4.69) is 24.3 Å². The summed E-state index contributed by atoms with van der Waals surface area (Å²) >= 11 is 0. The van der Waals surface area contributed by atoms with Gasteiger partial charge >= 0.3 is 0 Å². The zero-order valence-corrected chi connectivity index (χ0v) is 10.8. The standard InChI is InChI=1S/C18H14O2/c19-16-10-7-12-6-8-14-13-4-2-1-3-11(13)5-9-15(14)17(12)18(16)20/h1-10,16,18-20H. The second kappa shape index (κ2) is 4.17. The number of fused-ring (bicyclic) bond motifs is 5. The SMILES string of the molecule is OC1C=Cc2ccc3c(ccc4ccccc43)c2C1O. The highest BCUT2D eigenvalue weighted by Gasteiger charge is 2.24. The minimum Gasteiger partial charge on any atom is -0.386 e. The molecule has 3 aromatic rings. The summed E-state index contributed by atoms with van der Waals surface area (Å²) in [5, 5.41) is 24.6. The first-order valence-electron chi connectivity index (χ1n) is 6.74. The molecule has 0 aliphatic heterocycles. The van der Waals surface area contributed by atoms with Crippen molar-refractivity contribution in [2.45, 2.75) is 12.2 Å². The topological polar surface area (TPSA) is 40.5 Å². The summed E-state index contributed by atoms with van der Waals surface area (Å²) in [7, 11) is 0. The van der Waals surface area contributed by atoms with E-state index in [1.165, 1.54) is 10.8 Å². The first-order chi connectivity index (χ1) is 9.75. The number of benzene rings is 3. The van der Waals surface area contributed by atoms with Gasteiger partial charge in [0.15, 0.2) is 0 Å². The number of rotatable bonds is 0. The Morgan fingerprint density at radius 1 is 0.750 bits per heavy atom. The first-order valence-corrected chi connectivity index (χ1v) is 6.74. The fraction of sp³-hybridized carbons (Fsp3) is 0.111. The summed E-state index contributed by atoms with van der Waals surface area (Å²) in [6, 6.07) is 16.4. The molecule has 0 fully saturated rings. The van der Waals surface area contributed by atoms with Gasteiger partial charge in [-0.15, -0.1) is 0 Å². The molecule has 0 radical (unpaired) electrons. The second-order valence-corrected chi connectivity index (χ2v) is 5.24. The summed E-state index contributed by atoms with van der Waals surface area (Å²) < 4.78 is 0. The van der Waals surface area contributed by atoms with Crippen LogP contribution in [0.4, 0.5) is 0 Å². The normalized spacial score (nSPS) is 21.3. The molecule has 2 nitrogen and oxygen atoms in total. The average Bonchev–Trinajstić information content (AvgIpc) is 2.50. The van der Waals surface area contributed by atoms with Gasteiger partial charge in [0.25, 0.3) is 0 Å². The Kier molecular flexibility index (Phi) is 2.43. The third kappa shape index (κ3) is 1.52. The lowest BCUT2D eigenvalue weighted by molar-refractivity contribution is 0.0480. The van der Waals surface area contributed by atoms with E-state index in [9.17, 15) is 10.2 Å². The number of aliphatic hydroxyl groups excluding tert-OH is 2. The molecular weight excluding hydrogens is 248 g/mol. The van der Waals surface area contributed by atoms with E-state index < -0.39 is 12.2 Å². The van der Waals surface area contributed by atoms with Crippen LogP contribution in [0, 0.1) is 0 Å². The largest absolute Gasteiger partial charge is 0.386 e. The van der Waals surface area contributed by atoms with Gasteiger partial charge in [-0.3, -0.25) is 0 Å². The first kappa shape index (κ1) is 11.6. The fourth-order valence-electron chi connectivity index (χ4n) is 3.08.